The van der Waals surface area contributed by atoms with E-state index in [1.54, 1.807) is 12.1 Å². The van der Waals surface area contributed by atoms with Crippen LogP contribution in [0.15, 0.2) is 66.7 Å². The van der Waals surface area contributed by atoms with E-state index in [0.29, 0.717) is 13.0 Å². The predicted octanol–water partition coefficient (Wildman–Crippen LogP) is 5.10. The average molecular weight is 342 g/mol. The van der Waals surface area contributed by atoms with Gasteiger partial charge in [0.05, 0.1) is 11.0 Å². The summed E-state index contributed by atoms with van der Waals surface area (Å²) in [4.78, 5) is 17.0. The van der Waals surface area contributed by atoms with Gasteiger partial charge in [-0.15, -0.1) is 0 Å². The molecule has 0 fully saturated rings. The van der Waals surface area contributed by atoms with Crippen molar-refractivity contribution in [3.05, 3.63) is 78.1 Å². The van der Waals surface area contributed by atoms with Crippen LogP contribution in [0.4, 0.5) is 4.39 Å². The molecule has 4 aromatic rings. The van der Waals surface area contributed by atoms with Crippen molar-refractivity contribution < 1.29 is 9.18 Å². The Balaban J connectivity index is 1.69. The molecule has 0 atom stereocenters. The Bertz CT molecular complexity index is 1160. The minimum atomic E-state index is -0.244. The molecule has 26 heavy (non-hydrogen) atoms. The van der Waals surface area contributed by atoms with Gasteiger partial charge in [-0.3, -0.25) is 4.79 Å². The van der Waals surface area contributed by atoms with Crippen molar-refractivity contribution in [2.24, 2.45) is 0 Å². The largest absolute Gasteiger partial charge is 0.323 e. The Morgan fingerprint density at radius 2 is 1.65 bits per heavy atom. The molecule has 0 unspecified atom stereocenters. The quantitative estimate of drug-likeness (QED) is 0.508. The summed E-state index contributed by atoms with van der Waals surface area (Å²) in [5, 5.41) is 0. The number of rotatable bonds is 2. The topological polar surface area (TPSA) is 34.9 Å². The van der Waals surface area contributed by atoms with Gasteiger partial charge in [0, 0.05) is 24.1 Å². The molecule has 0 spiro atoms. The molecule has 126 valence electrons. The first-order chi connectivity index (χ1) is 12.7. The van der Waals surface area contributed by atoms with Crippen molar-refractivity contribution >= 4 is 16.8 Å². The van der Waals surface area contributed by atoms with Crippen LogP contribution in [-0.4, -0.2) is 15.3 Å². The summed E-state index contributed by atoms with van der Waals surface area (Å²) in [5.74, 6) is 0.796. The fraction of sp³-hybridized carbons (Fsp3) is 0.0909. The lowest BCUT2D eigenvalue weighted by Crippen LogP contribution is -2.14. The highest BCUT2D eigenvalue weighted by molar-refractivity contribution is 6.08. The van der Waals surface area contributed by atoms with Gasteiger partial charge in [0.25, 0.3) is 0 Å². The van der Waals surface area contributed by atoms with Gasteiger partial charge in [-0.1, -0.05) is 36.4 Å². The Hall–Kier alpha value is -3.27. The average Bonchev–Trinajstić information content (AvgIpc) is 3.05. The fourth-order valence-electron chi connectivity index (χ4n) is 3.68. The molecule has 5 rings (SSSR count). The second kappa shape index (κ2) is 5.63. The lowest BCUT2D eigenvalue weighted by Gasteiger charge is -2.16. The van der Waals surface area contributed by atoms with Gasteiger partial charge in [0.1, 0.15) is 11.6 Å². The molecule has 0 saturated carbocycles. The van der Waals surface area contributed by atoms with E-state index in [1.807, 2.05) is 36.4 Å². The molecular formula is C22H15FN2O. The second-order valence-electron chi connectivity index (χ2n) is 6.52. The van der Waals surface area contributed by atoms with Crippen molar-refractivity contribution in [3.63, 3.8) is 0 Å². The van der Waals surface area contributed by atoms with Crippen molar-refractivity contribution in [3.8, 4) is 22.5 Å². The number of hydrogen-bond acceptors (Lipinski definition) is 2. The molecule has 1 aromatic heterocycles. The zero-order chi connectivity index (χ0) is 17.7. The van der Waals surface area contributed by atoms with Crippen LogP contribution < -0.4 is 0 Å². The highest BCUT2D eigenvalue weighted by Gasteiger charge is 2.23. The van der Waals surface area contributed by atoms with E-state index >= 15 is 0 Å². The third-order valence-corrected chi connectivity index (χ3v) is 4.93. The molecule has 2 heterocycles. The first kappa shape index (κ1) is 15.0. The molecule has 1 aliphatic heterocycles. The van der Waals surface area contributed by atoms with Gasteiger partial charge in [-0.05, 0) is 41.5 Å². The number of hydrogen-bond donors (Lipinski definition) is 0. The van der Waals surface area contributed by atoms with E-state index in [-0.39, 0.29) is 11.6 Å². The number of Topliss-reactive ketones (excluding diaryl/α,β-unsaturated/α-hetero) is 1. The molecule has 3 nitrogen and oxygen atoms in total. The Kier molecular flexibility index (Phi) is 3.25. The van der Waals surface area contributed by atoms with Gasteiger partial charge < -0.3 is 4.57 Å². The third kappa shape index (κ3) is 2.26. The van der Waals surface area contributed by atoms with Crippen LogP contribution in [0.3, 0.4) is 0 Å². The van der Waals surface area contributed by atoms with Crippen LogP contribution in [0, 0.1) is 5.82 Å². The molecular weight excluding hydrogens is 327 g/mol. The number of aryl methyl sites for hydroxylation is 1. The lowest BCUT2D eigenvalue weighted by molar-refractivity contribution is 0.0973. The maximum atomic E-state index is 13.2. The SMILES string of the molecule is O=C1CCn2c(-c3cccc(-c4ccc(F)cc4)c3)nc3cccc1c32. The van der Waals surface area contributed by atoms with Gasteiger partial charge in [0.15, 0.2) is 5.78 Å². The Morgan fingerprint density at radius 1 is 0.885 bits per heavy atom. The summed E-state index contributed by atoms with van der Waals surface area (Å²) in [6.45, 7) is 0.641. The second-order valence-corrected chi connectivity index (χ2v) is 6.52. The first-order valence-corrected chi connectivity index (χ1v) is 8.59. The predicted molar refractivity (Wildman–Crippen MR) is 99.5 cm³/mol. The van der Waals surface area contributed by atoms with E-state index in [0.717, 1.165) is 39.1 Å². The maximum absolute atomic E-state index is 13.2. The number of halogens is 1. The first-order valence-electron chi connectivity index (χ1n) is 8.59. The Morgan fingerprint density at radius 3 is 2.50 bits per heavy atom. The van der Waals surface area contributed by atoms with Gasteiger partial charge in [0.2, 0.25) is 0 Å². The third-order valence-electron chi connectivity index (χ3n) is 4.93. The number of para-hydroxylation sites is 1. The van der Waals surface area contributed by atoms with Gasteiger partial charge in [-0.25, -0.2) is 9.37 Å². The highest BCUT2D eigenvalue weighted by atomic mass is 19.1. The van der Waals surface area contributed by atoms with Crippen LogP contribution >= 0.6 is 0 Å². The van der Waals surface area contributed by atoms with Gasteiger partial charge in [-0.2, -0.15) is 0 Å². The van der Waals surface area contributed by atoms with Crippen LogP contribution in [0.25, 0.3) is 33.5 Å². The van der Waals surface area contributed by atoms with E-state index in [2.05, 4.69) is 10.6 Å². The summed E-state index contributed by atoms with van der Waals surface area (Å²) in [6, 6.07) is 20.3. The number of aromatic nitrogens is 2. The maximum Gasteiger partial charge on any atom is 0.166 e. The summed E-state index contributed by atoms with van der Waals surface area (Å²) < 4.78 is 15.3. The van der Waals surface area contributed by atoms with E-state index in [9.17, 15) is 9.18 Å². The zero-order valence-corrected chi connectivity index (χ0v) is 13.9. The molecule has 4 heteroatoms. The molecule has 1 aliphatic rings. The van der Waals surface area contributed by atoms with E-state index in [1.165, 1.54) is 12.1 Å². The number of ketones is 1. The minimum Gasteiger partial charge on any atom is -0.323 e. The van der Waals surface area contributed by atoms with Gasteiger partial charge >= 0.3 is 0 Å². The van der Waals surface area contributed by atoms with E-state index in [4.69, 9.17) is 4.98 Å². The molecule has 0 saturated heterocycles. The normalized spacial score (nSPS) is 13.3. The molecule has 0 N–H and O–H groups in total. The van der Waals surface area contributed by atoms with Crippen LogP contribution in [0.5, 0.6) is 0 Å². The molecule has 0 aliphatic carbocycles. The van der Waals surface area contributed by atoms with Crippen molar-refractivity contribution in [2.45, 2.75) is 13.0 Å². The minimum absolute atomic E-state index is 0.176. The molecule has 0 radical (unpaired) electrons. The van der Waals surface area contributed by atoms with Crippen molar-refractivity contribution in [2.75, 3.05) is 0 Å². The highest BCUT2D eigenvalue weighted by Crippen LogP contribution is 2.32. The monoisotopic (exact) mass is 342 g/mol. The number of benzene rings is 3. The smallest absolute Gasteiger partial charge is 0.166 e. The summed E-state index contributed by atoms with van der Waals surface area (Å²) in [5.41, 5.74) is 5.47. The number of nitrogens with zero attached hydrogens (tertiary/aromatic N) is 2. The van der Waals surface area contributed by atoms with E-state index < -0.39 is 0 Å². The summed E-state index contributed by atoms with van der Waals surface area (Å²) in [6.07, 6.45) is 0.493. The number of carbonyl (C=O) groups excluding carboxylic acids is 1. The van der Waals surface area contributed by atoms with Crippen molar-refractivity contribution in [1.29, 1.82) is 0 Å². The summed E-state index contributed by atoms with van der Waals surface area (Å²) in [7, 11) is 0. The molecule has 0 bridgehead atoms. The zero-order valence-electron chi connectivity index (χ0n) is 13.9. The van der Waals surface area contributed by atoms with Crippen molar-refractivity contribution in [1.82, 2.24) is 9.55 Å². The van der Waals surface area contributed by atoms with Crippen LogP contribution in [0.1, 0.15) is 16.8 Å². The molecule has 0 amide bonds. The number of carbonyl (C=O) groups is 1. The lowest BCUT2D eigenvalue weighted by atomic mass is 10.0. The summed E-state index contributed by atoms with van der Waals surface area (Å²) >= 11 is 0. The van der Waals surface area contributed by atoms with Crippen LogP contribution in [-0.2, 0) is 6.54 Å². The Labute approximate surface area is 149 Å². The molecule has 3 aromatic carbocycles. The standard InChI is InChI=1S/C22H15FN2O/c23-17-9-7-14(8-10-17)15-3-1-4-16(13-15)22-24-19-6-2-5-18-20(26)11-12-25(22)21(18)19/h1-10,13H,11-12H2. The number of imidazole rings is 1. The fourth-order valence-corrected chi connectivity index (χ4v) is 3.68. The van der Waals surface area contributed by atoms with Crippen LogP contribution in [0.2, 0.25) is 0 Å².